The summed E-state index contributed by atoms with van der Waals surface area (Å²) in [6, 6.07) is 12.5. The molecule has 1 aliphatic heterocycles. The highest BCUT2D eigenvalue weighted by Gasteiger charge is 2.34. The third-order valence-electron chi connectivity index (χ3n) is 6.11. The molecule has 2 aromatic carbocycles. The fourth-order valence-corrected chi connectivity index (χ4v) is 4.55. The van der Waals surface area contributed by atoms with Crippen LogP contribution in [0.2, 0.25) is 0 Å². The molecule has 0 N–H and O–H groups in total. The molecule has 1 aliphatic rings. The lowest BCUT2D eigenvalue weighted by Crippen LogP contribution is -2.21. The van der Waals surface area contributed by atoms with E-state index in [-0.39, 0.29) is 11.5 Å². The van der Waals surface area contributed by atoms with Gasteiger partial charge in [0.1, 0.15) is 11.6 Å². The highest BCUT2D eigenvalue weighted by atomic mass is 19.3. The van der Waals surface area contributed by atoms with Crippen molar-refractivity contribution >= 4 is 0 Å². The lowest BCUT2D eigenvalue weighted by atomic mass is 9.86. The number of ether oxygens (including phenoxy) is 1. The Balaban J connectivity index is 1.55. The third kappa shape index (κ3) is 3.90. The Kier molecular flexibility index (Phi) is 5.23. The number of imidazole rings is 1. The fourth-order valence-electron chi connectivity index (χ4n) is 4.55. The summed E-state index contributed by atoms with van der Waals surface area (Å²) in [4.78, 5) is 9.10. The Labute approximate surface area is 190 Å². The van der Waals surface area contributed by atoms with Crippen LogP contribution in [-0.2, 0) is 12.5 Å². The summed E-state index contributed by atoms with van der Waals surface area (Å²) < 4.78 is 38.0. The molecule has 2 aromatic heterocycles. The Morgan fingerprint density at radius 2 is 1.97 bits per heavy atom. The van der Waals surface area contributed by atoms with Crippen molar-refractivity contribution < 1.29 is 13.5 Å². The minimum absolute atomic E-state index is 0.0506. The summed E-state index contributed by atoms with van der Waals surface area (Å²) in [5, 5.41) is 4.71. The largest absolute Gasteiger partial charge is 0.495 e. The average molecular weight is 450 g/mol. The molecule has 0 saturated carbocycles. The summed E-state index contributed by atoms with van der Waals surface area (Å²) in [6.45, 7) is 3.59. The number of benzene rings is 2. The van der Waals surface area contributed by atoms with Crippen molar-refractivity contribution in [3.8, 4) is 22.8 Å². The van der Waals surface area contributed by atoms with Gasteiger partial charge in [0.2, 0.25) is 0 Å². The van der Waals surface area contributed by atoms with Gasteiger partial charge in [-0.1, -0.05) is 24.3 Å². The number of aromatic nitrogens is 5. The quantitative estimate of drug-likeness (QED) is 0.405. The van der Waals surface area contributed by atoms with E-state index in [2.05, 4.69) is 4.98 Å². The maximum absolute atomic E-state index is 14.3. The lowest BCUT2D eigenvalue weighted by molar-refractivity contribution is 0.0162. The smallest absolute Gasteiger partial charge is 0.270 e. The molecule has 6 nitrogen and oxygen atoms in total. The Bertz CT molecular complexity index is 1300. The molecule has 0 fully saturated rings. The molecule has 170 valence electrons. The second-order valence-corrected chi connectivity index (χ2v) is 8.50. The Morgan fingerprint density at radius 3 is 2.70 bits per heavy atom. The summed E-state index contributed by atoms with van der Waals surface area (Å²) in [5.41, 5.74) is 3.25. The zero-order valence-electron chi connectivity index (χ0n) is 18.8. The van der Waals surface area contributed by atoms with Crippen molar-refractivity contribution in [3.05, 3.63) is 77.6 Å². The van der Waals surface area contributed by atoms with Gasteiger partial charge >= 0.3 is 0 Å². The number of hydrogen-bond donors (Lipinski definition) is 0. The van der Waals surface area contributed by atoms with Crippen LogP contribution >= 0.6 is 0 Å². The van der Waals surface area contributed by atoms with E-state index >= 15 is 0 Å². The van der Waals surface area contributed by atoms with Gasteiger partial charge in [-0.2, -0.15) is 5.10 Å². The molecular formula is C25H25F2N5O. The number of methoxy groups -OCH3 is 1. The van der Waals surface area contributed by atoms with Crippen molar-refractivity contribution in [3.63, 3.8) is 0 Å². The summed E-state index contributed by atoms with van der Waals surface area (Å²) in [5.74, 6) is -1.19. The second kappa shape index (κ2) is 8.10. The summed E-state index contributed by atoms with van der Waals surface area (Å²) >= 11 is 0. The highest BCUT2D eigenvalue weighted by molar-refractivity contribution is 5.63. The van der Waals surface area contributed by atoms with E-state index in [1.54, 1.807) is 25.6 Å². The van der Waals surface area contributed by atoms with Gasteiger partial charge in [-0.25, -0.2) is 23.4 Å². The fraction of sp³-hybridized carbons (Fsp3) is 0.320. The molecular weight excluding hydrogens is 424 g/mol. The van der Waals surface area contributed by atoms with Crippen molar-refractivity contribution in [1.29, 1.82) is 0 Å². The van der Waals surface area contributed by atoms with Crippen LogP contribution in [0.25, 0.3) is 17.1 Å². The van der Waals surface area contributed by atoms with Crippen molar-refractivity contribution in [2.45, 2.75) is 45.1 Å². The summed E-state index contributed by atoms with van der Waals surface area (Å²) in [6.07, 6.45) is 5.28. The van der Waals surface area contributed by atoms with Crippen LogP contribution in [-0.4, -0.2) is 31.4 Å². The molecule has 0 aliphatic carbocycles. The minimum atomic E-state index is -2.92. The standard InChI is InChI=1S/C25H25F2N5O/c1-16-14-31(15-28-16)21-11-10-17(13-22(21)33-3)23-29-24-19(8-6-12-32(24)30-23)18-7-4-5-9-20(18)25(2,26)27/h4-5,7,9-11,13-15,19H,6,8,12H2,1-3H3/t19-/m0/s1. The van der Waals surface area contributed by atoms with Gasteiger partial charge in [0.15, 0.2) is 5.82 Å². The van der Waals surface area contributed by atoms with Crippen molar-refractivity contribution in [2.75, 3.05) is 7.11 Å². The van der Waals surface area contributed by atoms with Crippen LogP contribution in [0.5, 0.6) is 5.75 Å². The zero-order chi connectivity index (χ0) is 23.2. The predicted octanol–water partition coefficient (Wildman–Crippen LogP) is 5.49. The first-order valence-electron chi connectivity index (χ1n) is 11.0. The predicted molar refractivity (Wildman–Crippen MR) is 121 cm³/mol. The van der Waals surface area contributed by atoms with Crippen molar-refractivity contribution in [2.24, 2.45) is 0 Å². The van der Waals surface area contributed by atoms with Crippen LogP contribution < -0.4 is 4.74 Å². The minimum Gasteiger partial charge on any atom is -0.495 e. The van der Waals surface area contributed by atoms with Gasteiger partial charge in [-0.05, 0) is 43.5 Å². The number of alkyl halides is 2. The topological polar surface area (TPSA) is 57.8 Å². The van der Waals surface area contributed by atoms with Gasteiger partial charge in [0.25, 0.3) is 5.92 Å². The SMILES string of the molecule is COc1cc(-c2nc3n(n2)CCC[C@H]3c2ccccc2C(C)(F)F)ccc1-n1cnc(C)c1. The van der Waals surface area contributed by atoms with Gasteiger partial charge in [-0.3, -0.25) is 0 Å². The maximum Gasteiger partial charge on any atom is 0.270 e. The number of halogens is 2. The average Bonchev–Trinajstić information content (AvgIpc) is 3.44. The molecule has 8 heteroatoms. The molecule has 4 aromatic rings. The van der Waals surface area contributed by atoms with Crippen LogP contribution in [0.1, 0.15) is 48.3 Å². The number of nitrogens with zero attached hydrogens (tertiary/aromatic N) is 5. The van der Waals surface area contributed by atoms with Gasteiger partial charge in [-0.15, -0.1) is 0 Å². The van der Waals surface area contributed by atoms with E-state index in [1.165, 1.54) is 6.07 Å². The van der Waals surface area contributed by atoms with E-state index < -0.39 is 5.92 Å². The normalized spacial score (nSPS) is 16.0. The molecule has 5 rings (SSSR count). The Morgan fingerprint density at radius 1 is 1.15 bits per heavy atom. The van der Waals surface area contributed by atoms with Crippen LogP contribution in [0.15, 0.2) is 55.0 Å². The lowest BCUT2D eigenvalue weighted by Gasteiger charge is -2.26. The van der Waals surface area contributed by atoms with Crippen LogP contribution in [0.4, 0.5) is 8.78 Å². The summed E-state index contributed by atoms with van der Waals surface area (Å²) in [7, 11) is 1.62. The molecule has 0 unspecified atom stereocenters. The molecule has 0 bridgehead atoms. The molecule has 0 radical (unpaired) electrons. The van der Waals surface area contributed by atoms with Gasteiger partial charge in [0, 0.05) is 36.7 Å². The number of hydrogen-bond acceptors (Lipinski definition) is 4. The number of aryl methyl sites for hydroxylation is 2. The van der Waals surface area contributed by atoms with E-state index in [0.717, 1.165) is 42.5 Å². The van der Waals surface area contributed by atoms with E-state index in [0.29, 0.717) is 23.7 Å². The van der Waals surface area contributed by atoms with Crippen LogP contribution in [0, 0.1) is 6.92 Å². The number of rotatable bonds is 5. The molecule has 0 spiro atoms. The van der Waals surface area contributed by atoms with Gasteiger partial charge < -0.3 is 9.30 Å². The zero-order valence-corrected chi connectivity index (χ0v) is 18.8. The maximum atomic E-state index is 14.3. The van der Waals surface area contributed by atoms with Crippen LogP contribution in [0.3, 0.4) is 0 Å². The van der Waals surface area contributed by atoms with Crippen molar-refractivity contribution in [1.82, 2.24) is 24.3 Å². The molecule has 3 heterocycles. The second-order valence-electron chi connectivity index (χ2n) is 8.50. The van der Waals surface area contributed by atoms with Gasteiger partial charge in [0.05, 0.1) is 24.8 Å². The first-order valence-corrected chi connectivity index (χ1v) is 11.0. The van der Waals surface area contributed by atoms with E-state index in [4.69, 9.17) is 14.8 Å². The number of fused-ring (bicyclic) bond motifs is 1. The molecule has 1 atom stereocenters. The first kappa shape index (κ1) is 21.3. The monoisotopic (exact) mass is 449 g/mol. The third-order valence-corrected chi connectivity index (χ3v) is 6.11. The molecule has 0 saturated heterocycles. The highest BCUT2D eigenvalue weighted by Crippen LogP contribution is 2.40. The van der Waals surface area contributed by atoms with E-state index in [1.807, 2.05) is 46.6 Å². The first-order chi connectivity index (χ1) is 15.8. The van der Waals surface area contributed by atoms with E-state index in [9.17, 15) is 8.78 Å². The molecule has 33 heavy (non-hydrogen) atoms. The molecule has 0 amide bonds. The Hall–Kier alpha value is -3.55.